The van der Waals surface area contributed by atoms with Crippen molar-refractivity contribution in [2.75, 3.05) is 5.43 Å². The van der Waals surface area contributed by atoms with Crippen molar-refractivity contribution in [2.24, 2.45) is 0 Å². The van der Waals surface area contributed by atoms with E-state index in [1.807, 2.05) is 13.0 Å². The van der Waals surface area contributed by atoms with Crippen LogP contribution in [0.15, 0.2) is 24.3 Å². The molecule has 0 aliphatic heterocycles. The number of hydrogen-bond donors (Lipinski definition) is 3. The van der Waals surface area contributed by atoms with Crippen LogP contribution in [0.25, 0.3) is 0 Å². The van der Waals surface area contributed by atoms with Gasteiger partial charge in [0.2, 0.25) is 0 Å². The zero-order valence-corrected chi connectivity index (χ0v) is 7.80. The van der Waals surface area contributed by atoms with Crippen molar-refractivity contribution in [3.05, 3.63) is 29.8 Å². The third-order valence-corrected chi connectivity index (χ3v) is 1.70. The van der Waals surface area contributed by atoms with Gasteiger partial charge in [0.25, 0.3) is 0 Å². The predicted octanol–water partition coefficient (Wildman–Crippen LogP) is 0.714. The smallest absolute Gasteiger partial charge is 0.306 e. The van der Waals surface area contributed by atoms with Crippen LogP contribution in [-0.4, -0.2) is 13.0 Å². The van der Waals surface area contributed by atoms with E-state index in [9.17, 15) is 8.42 Å². The predicted molar refractivity (Wildman–Crippen MR) is 49.5 cm³/mol. The van der Waals surface area contributed by atoms with E-state index in [2.05, 4.69) is 5.43 Å². The molecule has 0 aliphatic carbocycles. The highest BCUT2D eigenvalue weighted by Gasteiger charge is 2.00. The first-order valence-corrected chi connectivity index (χ1v) is 4.98. The molecule has 3 N–H and O–H groups in total. The summed E-state index contributed by atoms with van der Waals surface area (Å²) in [6.07, 6.45) is 0. The summed E-state index contributed by atoms with van der Waals surface area (Å²) >= 11 is 0. The van der Waals surface area contributed by atoms with Gasteiger partial charge < -0.3 is 5.43 Å². The number of aryl methyl sites for hydroxylation is 1. The molecule has 1 rings (SSSR count). The molecule has 0 spiro atoms. The Bertz CT molecular complexity index is 388. The number of anilines is 1. The molecule has 72 valence electrons. The topological polar surface area (TPSA) is 78.4 Å². The molecule has 0 saturated heterocycles. The molecule has 0 unspecified atom stereocenters. The van der Waals surface area contributed by atoms with Crippen molar-refractivity contribution in [3.8, 4) is 0 Å². The Morgan fingerprint density at radius 1 is 1.38 bits per heavy atom. The van der Waals surface area contributed by atoms with Crippen LogP contribution < -0.4 is 10.3 Å². The highest BCUT2D eigenvalue weighted by molar-refractivity contribution is 7.83. The average molecular weight is 202 g/mol. The molecule has 0 aliphatic rings. The van der Waals surface area contributed by atoms with Gasteiger partial charge in [0.15, 0.2) is 0 Å². The van der Waals surface area contributed by atoms with Crippen LogP contribution in [0.4, 0.5) is 5.69 Å². The molecular weight excluding hydrogens is 192 g/mol. The molecule has 0 radical (unpaired) electrons. The van der Waals surface area contributed by atoms with Crippen molar-refractivity contribution >= 4 is 16.0 Å². The summed E-state index contributed by atoms with van der Waals surface area (Å²) in [5, 5.41) is 0. The highest BCUT2D eigenvalue weighted by atomic mass is 32.2. The summed E-state index contributed by atoms with van der Waals surface area (Å²) in [4.78, 5) is 1.74. The van der Waals surface area contributed by atoms with E-state index in [0.29, 0.717) is 5.69 Å². The van der Waals surface area contributed by atoms with E-state index < -0.39 is 10.3 Å². The highest BCUT2D eigenvalue weighted by Crippen LogP contribution is 2.07. The Labute approximate surface area is 76.6 Å². The van der Waals surface area contributed by atoms with Crippen LogP contribution in [0.5, 0.6) is 0 Å². The van der Waals surface area contributed by atoms with Crippen molar-refractivity contribution < 1.29 is 13.0 Å². The lowest BCUT2D eigenvalue weighted by Crippen LogP contribution is -2.28. The summed E-state index contributed by atoms with van der Waals surface area (Å²) in [5.74, 6) is 0. The minimum absolute atomic E-state index is 0.567. The van der Waals surface area contributed by atoms with Crippen molar-refractivity contribution in [1.82, 2.24) is 4.83 Å². The fraction of sp³-hybridized carbons (Fsp3) is 0.143. The zero-order valence-electron chi connectivity index (χ0n) is 6.98. The lowest BCUT2D eigenvalue weighted by atomic mass is 10.2. The normalized spacial score (nSPS) is 11.2. The lowest BCUT2D eigenvalue weighted by Gasteiger charge is -2.05. The first kappa shape index (κ1) is 9.97. The largest absolute Gasteiger partial charge is 0.350 e. The Balaban J connectivity index is 2.65. The third-order valence-electron chi connectivity index (χ3n) is 1.34. The maximum absolute atomic E-state index is 10.3. The minimum Gasteiger partial charge on any atom is -0.306 e. The van der Waals surface area contributed by atoms with Crippen LogP contribution in [-0.2, 0) is 10.3 Å². The second-order valence-electron chi connectivity index (χ2n) is 2.57. The molecule has 0 saturated carbocycles. The quantitative estimate of drug-likeness (QED) is 0.498. The Morgan fingerprint density at radius 2 is 2.08 bits per heavy atom. The molecule has 0 amide bonds. The van der Waals surface area contributed by atoms with Gasteiger partial charge in [-0.15, -0.1) is 4.83 Å². The maximum atomic E-state index is 10.3. The molecule has 0 fully saturated rings. The Kier molecular flexibility index (Phi) is 2.86. The van der Waals surface area contributed by atoms with Gasteiger partial charge in [-0.2, -0.15) is 8.42 Å². The van der Waals surface area contributed by atoms with Gasteiger partial charge >= 0.3 is 10.3 Å². The van der Waals surface area contributed by atoms with E-state index in [-0.39, 0.29) is 0 Å². The van der Waals surface area contributed by atoms with E-state index in [4.69, 9.17) is 4.55 Å². The number of hydrazine groups is 1. The number of rotatable bonds is 3. The van der Waals surface area contributed by atoms with Crippen LogP contribution in [0, 0.1) is 6.92 Å². The lowest BCUT2D eigenvalue weighted by molar-refractivity contribution is 0.473. The van der Waals surface area contributed by atoms with Gasteiger partial charge in [-0.05, 0) is 24.6 Å². The second-order valence-corrected chi connectivity index (χ2v) is 3.73. The summed E-state index contributed by atoms with van der Waals surface area (Å²) in [6.45, 7) is 1.87. The third kappa shape index (κ3) is 3.88. The van der Waals surface area contributed by atoms with Gasteiger partial charge in [-0.1, -0.05) is 12.1 Å². The van der Waals surface area contributed by atoms with E-state index in [0.717, 1.165) is 5.56 Å². The molecule has 13 heavy (non-hydrogen) atoms. The van der Waals surface area contributed by atoms with Crippen LogP contribution in [0.3, 0.4) is 0 Å². The van der Waals surface area contributed by atoms with Crippen molar-refractivity contribution in [3.63, 3.8) is 0 Å². The summed E-state index contributed by atoms with van der Waals surface area (Å²) < 4.78 is 28.9. The minimum atomic E-state index is -4.20. The number of benzene rings is 1. The molecule has 1 aromatic carbocycles. The zero-order chi connectivity index (χ0) is 9.90. The maximum Gasteiger partial charge on any atom is 0.350 e. The number of nitrogens with one attached hydrogen (secondary N) is 2. The summed E-state index contributed by atoms with van der Waals surface area (Å²) in [6, 6.07) is 7.05. The molecule has 0 heterocycles. The van der Waals surface area contributed by atoms with Gasteiger partial charge in [0.05, 0.1) is 5.69 Å². The molecule has 0 aromatic heterocycles. The average Bonchev–Trinajstić information content (AvgIpc) is 2.00. The first-order chi connectivity index (χ1) is 5.97. The van der Waals surface area contributed by atoms with E-state index >= 15 is 0 Å². The van der Waals surface area contributed by atoms with Gasteiger partial charge in [-0.3, -0.25) is 4.55 Å². The fourth-order valence-corrected chi connectivity index (χ4v) is 1.09. The molecule has 5 nitrogen and oxygen atoms in total. The van der Waals surface area contributed by atoms with Crippen LogP contribution in [0.2, 0.25) is 0 Å². The number of hydrogen-bond acceptors (Lipinski definition) is 3. The second kappa shape index (κ2) is 3.73. The summed E-state index contributed by atoms with van der Waals surface area (Å²) in [5.41, 5.74) is 3.89. The SMILES string of the molecule is Cc1cccc(NNS(=O)(=O)O)c1. The molecule has 0 atom stereocenters. The first-order valence-electron chi connectivity index (χ1n) is 3.54. The standard InChI is InChI=1S/C7H10N2O3S/c1-6-3-2-4-7(5-6)8-9-13(10,11)12/h2-5,8-9H,1H3,(H,10,11,12). The molecular formula is C7H10N2O3S. The Hall–Kier alpha value is -1.11. The van der Waals surface area contributed by atoms with Gasteiger partial charge in [0, 0.05) is 0 Å². The van der Waals surface area contributed by atoms with Crippen LogP contribution in [0.1, 0.15) is 5.56 Å². The molecule has 0 bridgehead atoms. The summed E-state index contributed by atoms with van der Waals surface area (Å²) in [7, 11) is -4.20. The fourth-order valence-electron chi connectivity index (χ4n) is 0.846. The molecule has 6 heteroatoms. The molecule has 1 aromatic rings. The van der Waals surface area contributed by atoms with E-state index in [1.54, 1.807) is 23.0 Å². The van der Waals surface area contributed by atoms with Crippen molar-refractivity contribution in [2.45, 2.75) is 6.92 Å². The Morgan fingerprint density at radius 3 is 2.62 bits per heavy atom. The van der Waals surface area contributed by atoms with Crippen molar-refractivity contribution in [1.29, 1.82) is 0 Å². The van der Waals surface area contributed by atoms with Crippen LogP contribution >= 0.6 is 0 Å². The van der Waals surface area contributed by atoms with Gasteiger partial charge in [0.1, 0.15) is 0 Å². The monoisotopic (exact) mass is 202 g/mol. The van der Waals surface area contributed by atoms with Gasteiger partial charge in [-0.25, -0.2) is 0 Å². The van der Waals surface area contributed by atoms with E-state index in [1.165, 1.54) is 0 Å².